The van der Waals surface area contributed by atoms with E-state index in [2.05, 4.69) is 39.8 Å². The number of fused-ring (bicyclic) bond motifs is 1. The van der Waals surface area contributed by atoms with Gasteiger partial charge in [0.25, 0.3) is 5.56 Å². The maximum Gasteiger partial charge on any atom is 0.276 e. The van der Waals surface area contributed by atoms with E-state index in [0.717, 1.165) is 55.1 Å². The quantitative estimate of drug-likeness (QED) is 0.831. The minimum atomic E-state index is 0.0536. The van der Waals surface area contributed by atoms with E-state index < -0.39 is 0 Å². The van der Waals surface area contributed by atoms with Crippen molar-refractivity contribution in [3.8, 4) is 0 Å². The van der Waals surface area contributed by atoms with Crippen molar-refractivity contribution in [2.45, 2.75) is 59.3 Å². The molecule has 0 radical (unpaired) electrons. The fourth-order valence-corrected chi connectivity index (χ4v) is 5.24. The first-order valence-electron chi connectivity index (χ1n) is 10.9. The van der Waals surface area contributed by atoms with Crippen LogP contribution in [0.15, 0.2) is 10.9 Å². The number of hydrogen-bond acceptors (Lipinski definition) is 4. The molecule has 2 saturated heterocycles. The Hall–Kier alpha value is -1.66. The van der Waals surface area contributed by atoms with E-state index in [9.17, 15) is 4.79 Å². The highest BCUT2D eigenvalue weighted by molar-refractivity contribution is 5.42. The zero-order chi connectivity index (χ0) is 19.9. The zero-order valence-corrected chi connectivity index (χ0v) is 17.9. The zero-order valence-electron chi connectivity index (χ0n) is 17.9. The summed E-state index contributed by atoms with van der Waals surface area (Å²) in [7, 11) is 0. The smallest absolute Gasteiger partial charge is 0.276 e. The van der Waals surface area contributed by atoms with Crippen molar-refractivity contribution in [3.05, 3.63) is 33.4 Å². The Morgan fingerprint density at radius 3 is 2.61 bits per heavy atom. The molecule has 2 aliphatic rings. The lowest BCUT2D eigenvalue weighted by atomic mass is 9.92. The molecule has 2 aliphatic heterocycles. The lowest BCUT2D eigenvalue weighted by Crippen LogP contribution is -2.40. The first-order valence-corrected chi connectivity index (χ1v) is 10.9. The van der Waals surface area contributed by atoms with E-state index in [1.807, 2.05) is 13.8 Å². The molecule has 1 unspecified atom stereocenters. The molecule has 0 amide bonds. The summed E-state index contributed by atoms with van der Waals surface area (Å²) < 4.78 is 1.64. The van der Waals surface area contributed by atoms with Gasteiger partial charge >= 0.3 is 0 Å². The Morgan fingerprint density at radius 1 is 1.18 bits per heavy atom. The van der Waals surface area contributed by atoms with Gasteiger partial charge in [-0.1, -0.05) is 20.8 Å². The normalized spacial score (nSPS) is 21.9. The second-order valence-electron chi connectivity index (χ2n) is 9.61. The van der Waals surface area contributed by atoms with Crippen LogP contribution in [0.1, 0.15) is 62.9 Å². The van der Waals surface area contributed by atoms with Crippen molar-refractivity contribution < 1.29 is 0 Å². The Morgan fingerprint density at radius 2 is 1.89 bits per heavy atom. The van der Waals surface area contributed by atoms with Crippen LogP contribution in [0.25, 0.3) is 5.65 Å². The average molecular weight is 386 g/mol. The monoisotopic (exact) mass is 385 g/mol. The first-order chi connectivity index (χ1) is 13.4. The largest absolute Gasteiger partial charge is 0.303 e. The van der Waals surface area contributed by atoms with E-state index in [-0.39, 0.29) is 5.56 Å². The predicted octanol–water partition coefficient (Wildman–Crippen LogP) is 2.80. The van der Waals surface area contributed by atoms with Crippen molar-refractivity contribution in [3.63, 3.8) is 0 Å². The minimum absolute atomic E-state index is 0.0536. The summed E-state index contributed by atoms with van der Waals surface area (Å²) in [4.78, 5) is 22.6. The van der Waals surface area contributed by atoms with Gasteiger partial charge in [-0.25, -0.2) is 9.50 Å². The number of aromatic amines is 1. The van der Waals surface area contributed by atoms with Crippen molar-refractivity contribution in [2.24, 2.45) is 5.41 Å². The molecule has 2 fully saturated rings. The molecular weight excluding hydrogens is 350 g/mol. The minimum Gasteiger partial charge on any atom is -0.303 e. The van der Waals surface area contributed by atoms with Crippen LogP contribution < -0.4 is 5.56 Å². The number of likely N-dealkylation sites (tertiary alicyclic amines) is 2. The standard InChI is InChI=1S/C22H35N5O/c1-5-18-16(2)23-20-12-19(24-27(20)21(18)28)17-8-11-26(13-17)15-22(3,4)14-25-9-6-7-10-25/h12,17,24H,5-11,13-15H2,1-4H3. The summed E-state index contributed by atoms with van der Waals surface area (Å²) in [6.07, 6.45) is 4.57. The van der Waals surface area contributed by atoms with Gasteiger partial charge in [0.2, 0.25) is 0 Å². The van der Waals surface area contributed by atoms with Crippen molar-refractivity contribution in [1.82, 2.24) is 24.4 Å². The SMILES string of the molecule is CCc1c(C)nc2cc(C3CCN(CC(C)(C)CN4CCCC4)C3)[nH]n2c1=O. The van der Waals surface area contributed by atoms with Crippen LogP contribution in [-0.2, 0) is 6.42 Å². The average Bonchev–Trinajstić information content (AvgIpc) is 3.35. The molecule has 4 heterocycles. The van der Waals surface area contributed by atoms with E-state index >= 15 is 0 Å². The Balaban J connectivity index is 1.45. The molecule has 0 aliphatic carbocycles. The fraction of sp³-hybridized carbons (Fsp3) is 0.727. The third-order valence-electron chi connectivity index (χ3n) is 6.50. The molecule has 2 aromatic rings. The Kier molecular flexibility index (Phi) is 5.36. The van der Waals surface area contributed by atoms with Gasteiger partial charge in [0, 0.05) is 48.6 Å². The molecule has 6 heteroatoms. The number of H-pyrrole nitrogens is 1. The van der Waals surface area contributed by atoms with Gasteiger partial charge in [0.05, 0.1) is 0 Å². The van der Waals surface area contributed by atoms with Crippen molar-refractivity contribution >= 4 is 5.65 Å². The molecule has 28 heavy (non-hydrogen) atoms. The van der Waals surface area contributed by atoms with E-state index in [4.69, 9.17) is 0 Å². The maximum atomic E-state index is 12.7. The van der Waals surface area contributed by atoms with Gasteiger partial charge in [0.1, 0.15) is 0 Å². The van der Waals surface area contributed by atoms with Crippen LogP contribution >= 0.6 is 0 Å². The molecule has 0 aromatic carbocycles. The van der Waals surface area contributed by atoms with Crippen LogP contribution in [0.3, 0.4) is 0 Å². The number of rotatable bonds is 6. The van der Waals surface area contributed by atoms with Crippen LogP contribution in [0, 0.1) is 12.3 Å². The second-order valence-corrected chi connectivity index (χ2v) is 9.61. The van der Waals surface area contributed by atoms with E-state index in [0.29, 0.717) is 11.3 Å². The maximum absolute atomic E-state index is 12.7. The molecular formula is C22H35N5O. The van der Waals surface area contributed by atoms with Gasteiger partial charge in [-0.3, -0.25) is 9.89 Å². The number of hydrogen-bond donors (Lipinski definition) is 1. The molecule has 154 valence electrons. The highest BCUT2D eigenvalue weighted by atomic mass is 16.1. The molecule has 4 rings (SSSR count). The van der Waals surface area contributed by atoms with Gasteiger partial charge in [-0.05, 0) is 57.7 Å². The molecule has 0 saturated carbocycles. The first kappa shape index (κ1) is 19.6. The topological polar surface area (TPSA) is 56.6 Å². The Labute approximate surface area is 167 Å². The summed E-state index contributed by atoms with van der Waals surface area (Å²) in [5.74, 6) is 0.453. The number of nitrogens with one attached hydrogen (secondary N) is 1. The molecule has 6 nitrogen and oxygen atoms in total. The number of aryl methyl sites for hydroxylation is 1. The van der Waals surface area contributed by atoms with Gasteiger partial charge in [-0.15, -0.1) is 0 Å². The summed E-state index contributed by atoms with van der Waals surface area (Å²) >= 11 is 0. The fourth-order valence-electron chi connectivity index (χ4n) is 5.24. The van der Waals surface area contributed by atoms with Crippen molar-refractivity contribution in [2.75, 3.05) is 39.3 Å². The molecule has 1 atom stereocenters. The summed E-state index contributed by atoms with van der Waals surface area (Å²) in [6.45, 7) is 15.8. The van der Waals surface area contributed by atoms with Gasteiger partial charge in [0.15, 0.2) is 5.65 Å². The summed E-state index contributed by atoms with van der Waals surface area (Å²) in [6, 6.07) is 2.08. The van der Waals surface area contributed by atoms with Gasteiger partial charge < -0.3 is 9.80 Å². The number of aromatic nitrogens is 3. The highest BCUT2D eigenvalue weighted by Gasteiger charge is 2.31. The van der Waals surface area contributed by atoms with E-state index in [1.165, 1.54) is 32.5 Å². The third kappa shape index (κ3) is 3.90. The summed E-state index contributed by atoms with van der Waals surface area (Å²) in [5, 5.41) is 3.36. The predicted molar refractivity (Wildman–Crippen MR) is 113 cm³/mol. The van der Waals surface area contributed by atoms with Crippen LogP contribution in [-0.4, -0.2) is 63.7 Å². The van der Waals surface area contributed by atoms with Crippen molar-refractivity contribution in [1.29, 1.82) is 0 Å². The highest BCUT2D eigenvalue weighted by Crippen LogP contribution is 2.30. The Bertz CT molecular complexity index is 890. The second kappa shape index (κ2) is 7.64. The summed E-state index contributed by atoms with van der Waals surface area (Å²) in [5.41, 5.74) is 3.93. The van der Waals surface area contributed by atoms with E-state index in [1.54, 1.807) is 4.52 Å². The lowest BCUT2D eigenvalue weighted by molar-refractivity contribution is 0.148. The molecule has 0 spiro atoms. The third-order valence-corrected chi connectivity index (χ3v) is 6.50. The lowest BCUT2D eigenvalue weighted by Gasteiger charge is -2.34. The molecule has 1 N–H and O–H groups in total. The van der Waals surface area contributed by atoms with Crippen LogP contribution in [0.4, 0.5) is 0 Å². The number of nitrogens with zero attached hydrogens (tertiary/aromatic N) is 4. The molecule has 2 aromatic heterocycles. The van der Waals surface area contributed by atoms with Crippen LogP contribution in [0.5, 0.6) is 0 Å². The van der Waals surface area contributed by atoms with Gasteiger partial charge in [-0.2, -0.15) is 0 Å². The van der Waals surface area contributed by atoms with Crippen LogP contribution in [0.2, 0.25) is 0 Å². The molecule has 0 bridgehead atoms.